The van der Waals surface area contributed by atoms with Crippen molar-refractivity contribution in [1.29, 1.82) is 0 Å². The van der Waals surface area contributed by atoms with Crippen LogP contribution in [0.3, 0.4) is 0 Å². The molecule has 1 aliphatic heterocycles. The molecule has 0 saturated carbocycles. The third-order valence-electron chi connectivity index (χ3n) is 5.75. The van der Waals surface area contributed by atoms with Gasteiger partial charge in [0.15, 0.2) is 0 Å². The minimum atomic E-state index is -0.184. The number of halogens is 1. The van der Waals surface area contributed by atoms with Gasteiger partial charge in [-0.25, -0.2) is 0 Å². The molecule has 1 saturated heterocycles. The zero-order chi connectivity index (χ0) is 22.3. The third kappa shape index (κ3) is 5.81. The number of hydrogen-bond acceptors (Lipinski definition) is 4. The van der Waals surface area contributed by atoms with Gasteiger partial charge in [-0.2, -0.15) is 0 Å². The summed E-state index contributed by atoms with van der Waals surface area (Å²) in [5, 5.41) is 3.51. The van der Waals surface area contributed by atoms with Crippen LogP contribution in [0, 0.1) is 0 Å². The zero-order valence-electron chi connectivity index (χ0n) is 18.0. The van der Waals surface area contributed by atoms with E-state index in [0.717, 1.165) is 38.0 Å². The molecule has 0 bridgehead atoms. The maximum Gasteiger partial charge on any atom is 0.255 e. The monoisotopic (exact) mass is 449 g/mol. The van der Waals surface area contributed by atoms with Gasteiger partial charge in [0.2, 0.25) is 0 Å². The summed E-state index contributed by atoms with van der Waals surface area (Å²) in [6.45, 7) is 3.17. The Morgan fingerprint density at radius 3 is 2.28 bits per heavy atom. The van der Waals surface area contributed by atoms with E-state index in [0.29, 0.717) is 28.6 Å². The highest BCUT2D eigenvalue weighted by atomic mass is 35.5. The van der Waals surface area contributed by atoms with Gasteiger partial charge in [0.1, 0.15) is 12.4 Å². The highest BCUT2D eigenvalue weighted by Gasteiger charge is 2.23. The number of benzene rings is 3. The molecule has 32 heavy (non-hydrogen) atoms. The van der Waals surface area contributed by atoms with Crippen LogP contribution in [0.5, 0.6) is 5.75 Å². The highest BCUT2D eigenvalue weighted by molar-refractivity contribution is 6.33. The zero-order valence-corrected chi connectivity index (χ0v) is 18.7. The van der Waals surface area contributed by atoms with Crippen molar-refractivity contribution in [2.24, 2.45) is 0 Å². The number of amides is 1. The SMILES string of the molecule is Nc1cc(OCc2ccccc2)c(C(=O)NC2CCN(Cc3ccccc3)CC2)cc1Cl. The summed E-state index contributed by atoms with van der Waals surface area (Å²) in [6, 6.07) is 23.6. The second-order valence-corrected chi connectivity index (χ2v) is 8.56. The smallest absolute Gasteiger partial charge is 0.255 e. The molecule has 0 aliphatic carbocycles. The standard InChI is InChI=1S/C26H28ClN3O2/c27-23-15-22(25(16-24(23)28)32-18-20-9-5-2-6-10-20)26(31)29-21-11-13-30(14-12-21)17-19-7-3-1-4-8-19/h1-10,15-16,21H,11-14,17-18,28H2,(H,29,31). The number of piperidine rings is 1. The number of hydrogen-bond donors (Lipinski definition) is 2. The minimum absolute atomic E-state index is 0.118. The Kier molecular flexibility index (Phi) is 7.30. The van der Waals surface area contributed by atoms with E-state index in [2.05, 4.69) is 34.5 Å². The van der Waals surface area contributed by atoms with Crippen molar-refractivity contribution in [2.45, 2.75) is 32.0 Å². The van der Waals surface area contributed by atoms with E-state index in [1.807, 2.05) is 36.4 Å². The number of nitrogens with one attached hydrogen (secondary N) is 1. The fourth-order valence-electron chi connectivity index (χ4n) is 3.94. The van der Waals surface area contributed by atoms with Gasteiger partial charge in [0, 0.05) is 31.7 Å². The first-order chi connectivity index (χ1) is 15.6. The van der Waals surface area contributed by atoms with Gasteiger partial charge in [-0.3, -0.25) is 9.69 Å². The lowest BCUT2D eigenvalue weighted by Gasteiger charge is -2.32. The maximum absolute atomic E-state index is 13.1. The number of nitrogens with zero attached hydrogens (tertiary/aromatic N) is 1. The Morgan fingerprint density at radius 1 is 1.00 bits per heavy atom. The molecule has 0 aromatic heterocycles. The number of anilines is 1. The molecule has 0 atom stereocenters. The quantitative estimate of drug-likeness (QED) is 0.503. The van der Waals surface area contributed by atoms with Crippen molar-refractivity contribution in [1.82, 2.24) is 10.2 Å². The van der Waals surface area contributed by atoms with E-state index in [9.17, 15) is 4.79 Å². The molecule has 5 nitrogen and oxygen atoms in total. The molecule has 3 aromatic carbocycles. The normalized spacial score (nSPS) is 14.8. The largest absolute Gasteiger partial charge is 0.488 e. The summed E-state index contributed by atoms with van der Waals surface area (Å²) < 4.78 is 5.95. The third-order valence-corrected chi connectivity index (χ3v) is 6.08. The van der Waals surface area contributed by atoms with E-state index in [1.54, 1.807) is 12.1 Å². The van der Waals surface area contributed by atoms with Crippen molar-refractivity contribution in [2.75, 3.05) is 18.8 Å². The van der Waals surface area contributed by atoms with Crippen molar-refractivity contribution in [3.8, 4) is 5.75 Å². The van der Waals surface area contributed by atoms with Gasteiger partial charge < -0.3 is 15.8 Å². The summed E-state index contributed by atoms with van der Waals surface area (Å²) >= 11 is 6.22. The first-order valence-corrected chi connectivity index (χ1v) is 11.3. The van der Waals surface area contributed by atoms with Crippen LogP contribution in [0.4, 0.5) is 5.69 Å². The topological polar surface area (TPSA) is 67.6 Å². The maximum atomic E-state index is 13.1. The molecule has 0 spiro atoms. The number of likely N-dealkylation sites (tertiary alicyclic amines) is 1. The summed E-state index contributed by atoms with van der Waals surface area (Å²) in [5.74, 6) is 0.256. The van der Waals surface area contributed by atoms with Gasteiger partial charge in [0.25, 0.3) is 5.91 Å². The summed E-state index contributed by atoms with van der Waals surface area (Å²) in [5.41, 5.74) is 9.09. The first kappa shape index (κ1) is 22.2. The molecule has 1 amide bonds. The molecule has 0 radical (unpaired) electrons. The molecule has 166 valence electrons. The van der Waals surface area contributed by atoms with Gasteiger partial charge in [-0.05, 0) is 30.0 Å². The van der Waals surface area contributed by atoms with E-state index in [4.69, 9.17) is 22.1 Å². The van der Waals surface area contributed by atoms with Crippen LogP contribution in [0.15, 0.2) is 72.8 Å². The average Bonchev–Trinajstić information content (AvgIpc) is 2.82. The van der Waals surface area contributed by atoms with Crippen molar-refractivity contribution >= 4 is 23.2 Å². The van der Waals surface area contributed by atoms with Crippen LogP contribution in [0.25, 0.3) is 0 Å². The van der Waals surface area contributed by atoms with Gasteiger partial charge >= 0.3 is 0 Å². The Bertz CT molecular complexity index is 1040. The van der Waals surface area contributed by atoms with Gasteiger partial charge in [0.05, 0.1) is 16.3 Å². The number of carbonyl (C=O) groups is 1. The molecular weight excluding hydrogens is 422 g/mol. The van der Waals surface area contributed by atoms with Crippen molar-refractivity contribution in [3.63, 3.8) is 0 Å². The number of nitrogen functional groups attached to an aromatic ring is 1. The predicted octanol–water partition coefficient (Wildman–Crippen LogP) is 4.90. The van der Waals surface area contributed by atoms with E-state index < -0.39 is 0 Å². The molecule has 1 aliphatic rings. The lowest BCUT2D eigenvalue weighted by molar-refractivity contribution is 0.0904. The average molecular weight is 450 g/mol. The Labute approximate surface area is 194 Å². The molecule has 3 aromatic rings. The van der Waals surface area contributed by atoms with E-state index in [-0.39, 0.29) is 11.9 Å². The summed E-state index contributed by atoms with van der Waals surface area (Å²) in [6.07, 6.45) is 1.81. The van der Waals surface area contributed by atoms with Crippen molar-refractivity contribution < 1.29 is 9.53 Å². The highest BCUT2D eigenvalue weighted by Crippen LogP contribution is 2.30. The fourth-order valence-corrected chi connectivity index (χ4v) is 4.11. The molecule has 4 rings (SSSR count). The molecule has 1 heterocycles. The van der Waals surface area contributed by atoms with Crippen LogP contribution < -0.4 is 15.8 Å². The number of ether oxygens (including phenoxy) is 1. The minimum Gasteiger partial charge on any atom is -0.488 e. The van der Waals surface area contributed by atoms with Crippen LogP contribution in [0.2, 0.25) is 5.02 Å². The number of nitrogens with two attached hydrogens (primary N) is 1. The van der Waals surface area contributed by atoms with Gasteiger partial charge in [-0.1, -0.05) is 72.3 Å². The Balaban J connectivity index is 1.37. The molecule has 6 heteroatoms. The summed E-state index contributed by atoms with van der Waals surface area (Å²) in [7, 11) is 0. The van der Waals surface area contributed by atoms with Crippen LogP contribution in [-0.4, -0.2) is 29.9 Å². The lowest BCUT2D eigenvalue weighted by atomic mass is 10.0. The van der Waals surface area contributed by atoms with Gasteiger partial charge in [-0.15, -0.1) is 0 Å². The fraction of sp³-hybridized carbons (Fsp3) is 0.269. The first-order valence-electron chi connectivity index (χ1n) is 10.9. The lowest BCUT2D eigenvalue weighted by Crippen LogP contribution is -2.44. The molecular formula is C26H28ClN3O2. The molecule has 0 unspecified atom stereocenters. The Hall–Kier alpha value is -3.02. The number of rotatable bonds is 7. The predicted molar refractivity (Wildman–Crippen MR) is 129 cm³/mol. The van der Waals surface area contributed by atoms with E-state index >= 15 is 0 Å². The van der Waals surface area contributed by atoms with Crippen LogP contribution in [0.1, 0.15) is 34.3 Å². The summed E-state index contributed by atoms with van der Waals surface area (Å²) in [4.78, 5) is 15.5. The second-order valence-electron chi connectivity index (χ2n) is 8.15. The van der Waals surface area contributed by atoms with E-state index in [1.165, 1.54) is 5.56 Å². The second kappa shape index (κ2) is 10.5. The van der Waals surface area contributed by atoms with Crippen molar-refractivity contribution in [3.05, 3.63) is 94.5 Å². The Morgan fingerprint density at radius 2 is 1.62 bits per heavy atom. The van der Waals surface area contributed by atoms with Crippen LogP contribution in [-0.2, 0) is 13.2 Å². The number of carbonyl (C=O) groups excluding carboxylic acids is 1. The molecule has 3 N–H and O–H groups in total. The van der Waals surface area contributed by atoms with Crippen LogP contribution >= 0.6 is 11.6 Å². The molecule has 1 fully saturated rings.